The van der Waals surface area contributed by atoms with Crippen molar-refractivity contribution in [2.75, 3.05) is 5.01 Å². The van der Waals surface area contributed by atoms with Crippen LogP contribution in [0.4, 0.5) is 22.7 Å². The number of carbonyl (C=O) groups is 2. The Morgan fingerprint density at radius 1 is 0.812 bits per heavy atom. The summed E-state index contributed by atoms with van der Waals surface area (Å²) >= 11 is 0. The molecule has 4 N–H and O–H groups in total. The lowest BCUT2D eigenvalue weighted by Gasteiger charge is -2.26. The van der Waals surface area contributed by atoms with Crippen LogP contribution in [0.15, 0.2) is 48.5 Å². The topological polar surface area (TPSA) is 190 Å². The smallest absolute Gasteiger partial charge is 0.301 e. The lowest BCUT2D eigenvalue weighted by atomic mass is 9.82. The molecule has 0 saturated carbocycles. The second kappa shape index (κ2) is 7.14. The van der Waals surface area contributed by atoms with Crippen molar-refractivity contribution in [2.45, 2.75) is 0 Å². The van der Waals surface area contributed by atoms with Crippen LogP contribution >= 0.6 is 0 Å². The Kier molecular flexibility index (Phi) is 4.56. The molecule has 4 rings (SSSR count). The molecule has 1 aliphatic carbocycles. The summed E-state index contributed by atoms with van der Waals surface area (Å²) in [6.45, 7) is 0. The number of nitro benzene ring substituents is 2. The van der Waals surface area contributed by atoms with E-state index in [-0.39, 0.29) is 33.7 Å². The maximum absolute atomic E-state index is 13.2. The number of hydrogen-bond acceptors (Lipinski definition) is 10. The van der Waals surface area contributed by atoms with Crippen LogP contribution in [-0.4, -0.2) is 31.6 Å². The van der Waals surface area contributed by atoms with Crippen LogP contribution in [0.3, 0.4) is 0 Å². The fourth-order valence-electron chi connectivity index (χ4n) is 3.54. The molecule has 0 atom stereocenters. The Balaban J connectivity index is 1.95. The van der Waals surface area contributed by atoms with Gasteiger partial charge in [-0.2, -0.15) is 0 Å². The van der Waals surface area contributed by atoms with E-state index in [1.54, 1.807) is 0 Å². The summed E-state index contributed by atoms with van der Waals surface area (Å²) in [6, 6.07) is 8.51. The van der Waals surface area contributed by atoms with E-state index < -0.39 is 44.2 Å². The molecule has 0 spiro atoms. The molecular formula is C20H12N4O8. The van der Waals surface area contributed by atoms with Gasteiger partial charge in [0.1, 0.15) is 22.9 Å². The Morgan fingerprint density at radius 3 is 2.16 bits per heavy atom. The van der Waals surface area contributed by atoms with Crippen LogP contribution in [0.5, 0.6) is 11.5 Å². The number of fused-ring (bicyclic) bond motifs is 2. The normalized spacial score (nSPS) is 12.2. The molecule has 3 aromatic rings. The maximum Gasteiger partial charge on any atom is 0.301 e. The zero-order valence-corrected chi connectivity index (χ0v) is 15.9. The molecule has 0 amide bonds. The molecule has 160 valence electrons. The van der Waals surface area contributed by atoms with Gasteiger partial charge in [0.2, 0.25) is 0 Å². The number of anilines is 2. The van der Waals surface area contributed by atoms with Crippen LogP contribution in [0.2, 0.25) is 0 Å². The van der Waals surface area contributed by atoms with Gasteiger partial charge < -0.3 is 10.2 Å². The van der Waals surface area contributed by atoms with E-state index in [4.69, 9.17) is 5.84 Å². The van der Waals surface area contributed by atoms with E-state index in [0.29, 0.717) is 11.1 Å². The summed E-state index contributed by atoms with van der Waals surface area (Å²) in [5.74, 6) is 3.94. The third-order valence-electron chi connectivity index (χ3n) is 4.99. The maximum atomic E-state index is 13.2. The highest BCUT2D eigenvalue weighted by Crippen LogP contribution is 2.43. The number of nitro groups is 2. The molecule has 12 heteroatoms. The molecule has 12 nitrogen and oxygen atoms in total. The molecule has 32 heavy (non-hydrogen) atoms. The van der Waals surface area contributed by atoms with Gasteiger partial charge in [-0.15, -0.1) is 0 Å². The van der Waals surface area contributed by atoms with E-state index in [0.717, 1.165) is 24.3 Å². The van der Waals surface area contributed by atoms with Crippen LogP contribution < -0.4 is 10.9 Å². The fraction of sp³-hybridized carbons (Fsp3) is 0. The minimum Gasteiger partial charge on any atom is -0.508 e. The molecule has 0 heterocycles. The summed E-state index contributed by atoms with van der Waals surface area (Å²) in [4.78, 5) is 46.9. The van der Waals surface area contributed by atoms with E-state index >= 15 is 0 Å². The molecule has 0 unspecified atom stereocenters. The van der Waals surface area contributed by atoms with E-state index in [1.807, 2.05) is 0 Å². The number of ketones is 2. The number of phenols is 2. The van der Waals surface area contributed by atoms with Gasteiger partial charge in [-0.3, -0.25) is 34.8 Å². The highest BCUT2D eigenvalue weighted by Gasteiger charge is 2.36. The lowest BCUT2D eigenvalue weighted by molar-refractivity contribution is -0.393. The molecule has 0 saturated heterocycles. The second-order valence-corrected chi connectivity index (χ2v) is 6.80. The first kappa shape index (κ1) is 20.4. The highest BCUT2D eigenvalue weighted by atomic mass is 16.6. The first-order valence-corrected chi connectivity index (χ1v) is 8.88. The third kappa shape index (κ3) is 2.98. The molecular weight excluding hydrogens is 424 g/mol. The summed E-state index contributed by atoms with van der Waals surface area (Å²) in [5.41, 5.74) is -2.61. The molecule has 0 aromatic heterocycles. The SMILES string of the molecule is NN(c1ccc([N+](=O)[O-])cc1[N+](=O)[O-])c1c(O)ccc2c1C(=O)c1ccc(O)cc1C2=O. The number of benzene rings is 3. The number of nitrogens with two attached hydrogens (primary N) is 1. The van der Waals surface area contributed by atoms with Crippen LogP contribution in [0, 0.1) is 20.2 Å². The van der Waals surface area contributed by atoms with Crippen molar-refractivity contribution < 1.29 is 29.6 Å². The Hall–Kier alpha value is -4.84. The summed E-state index contributed by atoms with van der Waals surface area (Å²) in [5, 5.41) is 43.3. The van der Waals surface area contributed by atoms with Crippen molar-refractivity contribution in [3.05, 3.63) is 91.0 Å². The molecule has 1 aliphatic rings. The number of non-ortho nitro benzene ring substituents is 1. The van der Waals surface area contributed by atoms with Gasteiger partial charge in [-0.05, 0) is 36.4 Å². The van der Waals surface area contributed by atoms with Gasteiger partial charge in [0.15, 0.2) is 11.6 Å². The molecule has 0 radical (unpaired) electrons. The Morgan fingerprint density at radius 2 is 1.50 bits per heavy atom. The molecule has 0 fully saturated rings. The van der Waals surface area contributed by atoms with Gasteiger partial charge in [0.05, 0.1) is 21.5 Å². The number of hydrazine groups is 1. The Bertz CT molecular complexity index is 1370. The van der Waals surface area contributed by atoms with E-state index in [1.165, 1.54) is 18.2 Å². The standard InChI is InChI=1S/C20H12N4O8/c21-22(14-5-1-9(23(29)30)7-15(14)24(31)32)18-16(26)6-4-12-17(18)20(28)11-3-2-10(25)8-13(11)19(12)27/h1-8,25-26H,21H2. The minimum atomic E-state index is -0.903. The zero-order valence-electron chi connectivity index (χ0n) is 15.9. The van der Waals surface area contributed by atoms with E-state index in [9.17, 15) is 40.0 Å². The number of hydrogen-bond donors (Lipinski definition) is 3. The number of nitrogens with zero attached hydrogens (tertiary/aromatic N) is 3. The van der Waals surface area contributed by atoms with Crippen LogP contribution in [-0.2, 0) is 0 Å². The van der Waals surface area contributed by atoms with Crippen molar-refractivity contribution >= 4 is 34.3 Å². The fourth-order valence-corrected chi connectivity index (χ4v) is 3.54. The van der Waals surface area contributed by atoms with Gasteiger partial charge in [0.25, 0.3) is 5.69 Å². The van der Waals surface area contributed by atoms with Gasteiger partial charge in [-0.25, -0.2) is 5.84 Å². The number of carbonyl (C=O) groups excluding carboxylic acids is 2. The van der Waals surface area contributed by atoms with Crippen molar-refractivity contribution in [2.24, 2.45) is 5.84 Å². The average molecular weight is 436 g/mol. The number of aromatic hydroxyl groups is 2. The minimum absolute atomic E-state index is 0.0518. The largest absolute Gasteiger partial charge is 0.508 e. The molecule has 0 bridgehead atoms. The lowest BCUT2D eigenvalue weighted by Crippen LogP contribution is -2.31. The zero-order chi connectivity index (χ0) is 23.3. The van der Waals surface area contributed by atoms with Crippen LogP contribution in [0.25, 0.3) is 0 Å². The average Bonchev–Trinajstić information content (AvgIpc) is 2.76. The van der Waals surface area contributed by atoms with Gasteiger partial charge in [0, 0.05) is 22.8 Å². The first-order chi connectivity index (χ1) is 15.1. The van der Waals surface area contributed by atoms with E-state index in [2.05, 4.69) is 0 Å². The predicted molar refractivity (Wildman–Crippen MR) is 109 cm³/mol. The number of rotatable bonds is 4. The molecule has 0 aliphatic heterocycles. The summed E-state index contributed by atoms with van der Waals surface area (Å²) < 4.78 is 0. The molecule has 3 aromatic carbocycles. The second-order valence-electron chi connectivity index (χ2n) is 6.80. The van der Waals surface area contributed by atoms with Crippen molar-refractivity contribution in [3.8, 4) is 11.5 Å². The van der Waals surface area contributed by atoms with Crippen LogP contribution in [0.1, 0.15) is 31.8 Å². The van der Waals surface area contributed by atoms with Crippen molar-refractivity contribution in [1.29, 1.82) is 0 Å². The van der Waals surface area contributed by atoms with Crippen molar-refractivity contribution in [3.63, 3.8) is 0 Å². The monoisotopic (exact) mass is 436 g/mol. The Labute approximate surface area is 178 Å². The van der Waals surface area contributed by atoms with Crippen molar-refractivity contribution in [1.82, 2.24) is 0 Å². The first-order valence-electron chi connectivity index (χ1n) is 8.88. The van der Waals surface area contributed by atoms with Gasteiger partial charge >= 0.3 is 5.69 Å². The quantitative estimate of drug-likeness (QED) is 0.243. The highest BCUT2D eigenvalue weighted by molar-refractivity contribution is 6.30. The van der Waals surface area contributed by atoms with Gasteiger partial charge in [-0.1, -0.05) is 0 Å². The third-order valence-corrected chi connectivity index (χ3v) is 4.99. The summed E-state index contributed by atoms with van der Waals surface area (Å²) in [7, 11) is 0. The number of phenolic OH excluding ortho intramolecular Hbond substituents is 2. The predicted octanol–water partition coefficient (Wildman–Crippen LogP) is 2.70. The summed E-state index contributed by atoms with van der Waals surface area (Å²) in [6.07, 6.45) is 0.